The van der Waals surface area contributed by atoms with Gasteiger partial charge in [-0.05, 0) is 31.9 Å². The zero-order chi connectivity index (χ0) is 21.8. The fourth-order valence-electron chi connectivity index (χ4n) is 4.78. The van der Waals surface area contributed by atoms with Gasteiger partial charge < -0.3 is 9.80 Å². The van der Waals surface area contributed by atoms with E-state index in [-0.39, 0.29) is 5.56 Å². The molecule has 0 aromatic carbocycles. The van der Waals surface area contributed by atoms with Crippen molar-refractivity contribution >= 4 is 23.0 Å². The number of anilines is 3. The Morgan fingerprint density at radius 2 is 1.91 bits per heavy atom. The van der Waals surface area contributed by atoms with Gasteiger partial charge in [-0.3, -0.25) is 9.78 Å². The summed E-state index contributed by atoms with van der Waals surface area (Å²) >= 11 is 0. The van der Waals surface area contributed by atoms with Gasteiger partial charge in [0.05, 0.1) is 18.1 Å². The van der Waals surface area contributed by atoms with Crippen LogP contribution in [0.4, 0.5) is 17.3 Å². The molecule has 6 rings (SSSR count). The molecule has 2 aliphatic heterocycles. The molecule has 0 atom stereocenters. The van der Waals surface area contributed by atoms with Gasteiger partial charge in [0.25, 0.3) is 5.56 Å². The predicted molar refractivity (Wildman–Crippen MR) is 122 cm³/mol. The van der Waals surface area contributed by atoms with Crippen LogP contribution < -0.4 is 15.4 Å². The van der Waals surface area contributed by atoms with Crippen LogP contribution in [0, 0.1) is 13.8 Å². The lowest BCUT2D eigenvalue weighted by molar-refractivity contribution is 0.541. The molecule has 6 heterocycles. The minimum atomic E-state index is -0.164. The fraction of sp³-hybridized carbons (Fsp3) is 0.348. The SMILES string of the molecule is Cc1c(N2CCc3ncc(N4CCCn5nccc54)cc3C2)nn2c(=O)ccnc2c1C. The molecule has 0 bridgehead atoms. The Labute approximate surface area is 184 Å². The third kappa shape index (κ3) is 2.88. The number of pyridine rings is 1. The van der Waals surface area contributed by atoms with Crippen LogP contribution in [0.5, 0.6) is 0 Å². The van der Waals surface area contributed by atoms with Gasteiger partial charge in [-0.2, -0.15) is 9.61 Å². The van der Waals surface area contributed by atoms with Crippen LogP contribution in [0.1, 0.15) is 28.8 Å². The molecule has 162 valence electrons. The Morgan fingerprint density at radius 3 is 2.81 bits per heavy atom. The van der Waals surface area contributed by atoms with Gasteiger partial charge in [-0.25, -0.2) is 9.67 Å². The lowest BCUT2D eigenvalue weighted by atomic mass is 10.0. The Morgan fingerprint density at radius 1 is 1.00 bits per heavy atom. The molecule has 0 aliphatic carbocycles. The molecular formula is C23H24N8O. The van der Waals surface area contributed by atoms with Crippen molar-refractivity contribution in [2.75, 3.05) is 22.9 Å². The minimum absolute atomic E-state index is 0.164. The molecule has 2 aliphatic rings. The summed E-state index contributed by atoms with van der Waals surface area (Å²) in [5.41, 5.74) is 5.89. The fourth-order valence-corrected chi connectivity index (χ4v) is 4.78. The minimum Gasteiger partial charge on any atom is -0.350 e. The molecule has 0 unspecified atom stereocenters. The maximum atomic E-state index is 12.4. The number of hydrogen-bond donors (Lipinski definition) is 0. The number of hydrogen-bond acceptors (Lipinski definition) is 7. The normalized spacial score (nSPS) is 15.7. The highest BCUT2D eigenvalue weighted by molar-refractivity contribution is 5.63. The van der Waals surface area contributed by atoms with E-state index in [0.717, 1.165) is 66.6 Å². The van der Waals surface area contributed by atoms with Crippen LogP contribution in [0.2, 0.25) is 0 Å². The predicted octanol–water partition coefficient (Wildman–Crippen LogP) is 2.40. The summed E-state index contributed by atoms with van der Waals surface area (Å²) in [7, 11) is 0. The van der Waals surface area contributed by atoms with Gasteiger partial charge in [0.2, 0.25) is 0 Å². The molecule has 32 heavy (non-hydrogen) atoms. The van der Waals surface area contributed by atoms with Crippen molar-refractivity contribution in [3.05, 3.63) is 69.5 Å². The van der Waals surface area contributed by atoms with E-state index in [1.165, 1.54) is 16.1 Å². The number of rotatable bonds is 2. The highest BCUT2D eigenvalue weighted by Gasteiger charge is 2.25. The van der Waals surface area contributed by atoms with E-state index < -0.39 is 0 Å². The molecule has 0 saturated carbocycles. The lowest BCUT2D eigenvalue weighted by Gasteiger charge is -2.33. The largest absolute Gasteiger partial charge is 0.350 e. The van der Waals surface area contributed by atoms with Crippen LogP contribution in [0.25, 0.3) is 5.65 Å². The molecule has 0 N–H and O–H groups in total. The van der Waals surface area contributed by atoms with E-state index >= 15 is 0 Å². The third-order valence-corrected chi connectivity index (χ3v) is 6.61. The molecule has 0 spiro atoms. The van der Waals surface area contributed by atoms with Crippen molar-refractivity contribution in [2.24, 2.45) is 0 Å². The second-order valence-corrected chi connectivity index (χ2v) is 8.48. The van der Waals surface area contributed by atoms with Gasteiger partial charge in [0.1, 0.15) is 5.82 Å². The second-order valence-electron chi connectivity index (χ2n) is 8.48. The average Bonchev–Trinajstić information content (AvgIpc) is 3.30. The van der Waals surface area contributed by atoms with Crippen molar-refractivity contribution in [2.45, 2.75) is 39.8 Å². The smallest absolute Gasteiger partial charge is 0.274 e. The van der Waals surface area contributed by atoms with Crippen molar-refractivity contribution in [1.29, 1.82) is 0 Å². The topological polar surface area (TPSA) is 84.5 Å². The van der Waals surface area contributed by atoms with Crippen LogP contribution >= 0.6 is 0 Å². The Hall–Kier alpha value is -3.75. The van der Waals surface area contributed by atoms with Crippen molar-refractivity contribution in [3.8, 4) is 0 Å². The molecule has 4 aromatic heterocycles. The molecule has 0 fully saturated rings. The molecule has 0 radical (unpaired) electrons. The maximum Gasteiger partial charge on any atom is 0.274 e. The molecule has 0 saturated heterocycles. The van der Waals surface area contributed by atoms with E-state index in [0.29, 0.717) is 12.2 Å². The molecule has 9 nitrogen and oxygen atoms in total. The first-order valence-corrected chi connectivity index (χ1v) is 11.0. The molecule has 4 aromatic rings. The van der Waals surface area contributed by atoms with Crippen LogP contribution in [0.3, 0.4) is 0 Å². The standard InChI is InChI=1S/C23H24N8O/c1-15-16(2)23(27-31-21(32)5-7-24-22(15)31)28-11-6-19-17(14-28)12-18(13-25-19)29-9-3-10-30-20(29)4-8-26-30/h4-5,7-8,12-13H,3,6,9-11,14H2,1-2H3. The van der Waals surface area contributed by atoms with E-state index in [4.69, 9.17) is 10.1 Å². The van der Waals surface area contributed by atoms with Crippen molar-refractivity contribution in [3.63, 3.8) is 0 Å². The Kier molecular flexibility index (Phi) is 4.24. The first kappa shape index (κ1) is 19.0. The summed E-state index contributed by atoms with van der Waals surface area (Å²) in [5.74, 6) is 1.94. The van der Waals surface area contributed by atoms with Crippen LogP contribution in [-0.2, 0) is 19.5 Å². The summed E-state index contributed by atoms with van der Waals surface area (Å²) in [6, 6.07) is 5.75. The zero-order valence-corrected chi connectivity index (χ0v) is 18.2. The van der Waals surface area contributed by atoms with E-state index in [2.05, 4.69) is 38.9 Å². The van der Waals surface area contributed by atoms with E-state index in [9.17, 15) is 4.79 Å². The highest BCUT2D eigenvalue weighted by atomic mass is 16.1. The van der Waals surface area contributed by atoms with Crippen LogP contribution in [0.15, 0.2) is 41.6 Å². The maximum absolute atomic E-state index is 12.4. The number of fused-ring (bicyclic) bond motifs is 3. The summed E-state index contributed by atoms with van der Waals surface area (Å²) in [4.78, 5) is 26.1. The molecular weight excluding hydrogens is 404 g/mol. The third-order valence-electron chi connectivity index (χ3n) is 6.61. The summed E-state index contributed by atoms with van der Waals surface area (Å²) in [6.07, 6.45) is 7.27. The van der Waals surface area contributed by atoms with Gasteiger partial charge in [-0.15, -0.1) is 5.10 Å². The van der Waals surface area contributed by atoms with Crippen LogP contribution in [-0.4, -0.2) is 42.5 Å². The Bertz CT molecular complexity index is 1410. The summed E-state index contributed by atoms with van der Waals surface area (Å²) in [6.45, 7) is 7.47. The van der Waals surface area contributed by atoms with Gasteiger partial charge in [-0.1, -0.05) is 0 Å². The molecule has 0 amide bonds. The average molecular weight is 429 g/mol. The van der Waals surface area contributed by atoms with Gasteiger partial charge in [0, 0.05) is 67.8 Å². The van der Waals surface area contributed by atoms with Gasteiger partial charge in [0.15, 0.2) is 11.5 Å². The number of nitrogens with zero attached hydrogens (tertiary/aromatic N) is 8. The monoisotopic (exact) mass is 428 g/mol. The number of aromatic nitrogens is 6. The van der Waals surface area contributed by atoms with E-state index in [1.807, 2.05) is 24.0 Å². The first-order valence-electron chi connectivity index (χ1n) is 11.0. The van der Waals surface area contributed by atoms with Crippen molar-refractivity contribution in [1.82, 2.24) is 29.4 Å². The molecule has 9 heteroatoms. The Balaban J connectivity index is 1.38. The summed E-state index contributed by atoms with van der Waals surface area (Å²) in [5, 5.41) is 9.12. The highest BCUT2D eigenvalue weighted by Crippen LogP contribution is 2.32. The summed E-state index contributed by atoms with van der Waals surface area (Å²) < 4.78 is 3.46. The number of aryl methyl sites for hydroxylation is 2. The van der Waals surface area contributed by atoms with E-state index in [1.54, 1.807) is 6.20 Å². The van der Waals surface area contributed by atoms with Gasteiger partial charge >= 0.3 is 0 Å². The van der Waals surface area contributed by atoms with Crippen molar-refractivity contribution < 1.29 is 0 Å². The lowest BCUT2D eigenvalue weighted by Crippen LogP contribution is -2.34. The first-order chi connectivity index (χ1) is 15.6. The zero-order valence-electron chi connectivity index (χ0n) is 18.2. The quantitative estimate of drug-likeness (QED) is 0.485. The second kappa shape index (κ2) is 7.15.